The summed E-state index contributed by atoms with van der Waals surface area (Å²) in [6, 6.07) is 11.2. The van der Waals surface area contributed by atoms with E-state index in [4.69, 9.17) is 20.8 Å². The quantitative estimate of drug-likeness (QED) is 0.386. The monoisotopic (exact) mass is 549 g/mol. The Morgan fingerprint density at radius 1 is 1.10 bits per heavy atom. The largest absolute Gasteiger partial charge is 0.480 e. The van der Waals surface area contributed by atoms with Crippen molar-refractivity contribution >= 4 is 28.5 Å². The SMILES string of the molecule is Cc1cc(OC(C)C(=O)N2CCC3(O)CCCCC3C2c2ccc(Cl)cc2)c2c3c(c(=O)oc2c1)CCCC3. The molecule has 0 radical (unpaired) electrons. The first-order valence-electron chi connectivity index (χ1n) is 14.3. The number of halogens is 1. The van der Waals surface area contributed by atoms with Crippen LogP contribution in [0.25, 0.3) is 11.0 Å². The fourth-order valence-corrected chi connectivity index (χ4v) is 7.36. The summed E-state index contributed by atoms with van der Waals surface area (Å²) >= 11 is 6.20. The van der Waals surface area contributed by atoms with Gasteiger partial charge in [-0.2, -0.15) is 0 Å². The molecule has 0 bridgehead atoms. The van der Waals surface area contributed by atoms with E-state index >= 15 is 0 Å². The number of hydrogen-bond donors (Lipinski definition) is 1. The highest BCUT2D eigenvalue weighted by Gasteiger charge is 2.50. The molecule has 4 atom stereocenters. The van der Waals surface area contributed by atoms with Crippen LogP contribution in [0.4, 0.5) is 0 Å². The van der Waals surface area contributed by atoms with E-state index in [1.165, 1.54) is 0 Å². The zero-order valence-electron chi connectivity index (χ0n) is 22.7. The van der Waals surface area contributed by atoms with E-state index in [1.54, 1.807) is 6.92 Å². The molecular weight excluding hydrogens is 514 g/mol. The molecular formula is C32H36ClNO5. The van der Waals surface area contributed by atoms with Crippen LogP contribution in [0.5, 0.6) is 5.75 Å². The maximum Gasteiger partial charge on any atom is 0.339 e. The third-order valence-electron chi connectivity index (χ3n) is 9.14. The van der Waals surface area contributed by atoms with Crippen molar-refractivity contribution in [2.45, 2.75) is 89.4 Å². The molecule has 2 aromatic carbocycles. The predicted molar refractivity (Wildman–Crippen MR) is 151 cm³/mol. The molecule has 6 rings (SSSR count). The second-order valence-corrected chi connectivity index (χ2v) is 12.1. The van der Waals surface area contributed by atoms with Gasteiger partial charge < -0.3 is 19.2 Å². The number of amides is 1. The van der Waals surface area contributed by atoms with Crippen molar-refractivity contribution in [3.63, 3.8) is 0 Å². The summed E-state index contributed by atoms with van der Waals surface area (Å²) in [5.74, 6) is 0.434. The standard InChI is InChI=1S/C32H36ClNO5/c1-19-17-26(28-23-7-3-4-8-24(23)31(36)39-27(28)18-19)38-20(2)30(35)34-16-15-32(37)14-6-5-9-25(32)29(34)21-10-12-22(33)13-11-21/h10-13,17-18,20,25,29,37H,3-9,14-16H2,1-2H3. The molecule has 4 unspecified atom stereocenters. The number of carbonyl (C=O) groups is 1. The third-order valence-corrected chi connectivity index (χ3v) is 9.39. The van der Waals surface area contributed by atoms with Gasteiger partial charge in [0.15, 0.2) is 6.10 Å². The molecule has 1 aliphatic heterocycles. The van der Waals surface area contributed by atoms with Crippen molar-refractivity contribution in [1.82, 2.24) is 4.90 Å². The van der Waals surface area contributed by atoms with Crippen molar-refractivity contribution < 1.29 is 19.1 Å². The number of piperidine rings is 1. The number of rotatable bonds is 4. The van der Waals surface area contributed by atoms with Crippen molar-refractivity contribution in [3.05, 3.63) is 74.1 Å². The summed E-state index contributed by atoms with van der Waals surface area (Å²) in [5, 5.41) is 13.1. The maximum absolute atomic E-state index is 14.1. The van der Waals surface area contributed by atoms with Crippen LogP contribution in [-0.4, -0.2) is 34.2 Å². The highest BCUT2D eigenvalue weighted by Crippen LogP contribution is 2.49. The van der Waals surface area contributed by atoms with Gasteiger partial charge in [0.25, 0.3) is 5.91 Å². The molecule has 3 aromatic rings. The molecule has 6 nitrogen and oxygen atoms in total. The lowest BCUT2D eigenvalue weighted by molar-refractivity contribution is -0.161. The molecule has 1 saturated carbocycles. The summed E-state index contributed by atoms with van der Waals surface area (Å²) in [5.41, 5.74) is 3.09. The zero-order chi connectivity index (χ0) is 27.3. The van der Waals surface area contributed by atoms with E-state index in [2.05, 4.69) is 0 Å². The van der Waals surface area contributed by atoms with E-state index in [0.717, 1.165) is 72.6 Å². The number of carbonyl (C=O) groups excluding carboxylic acids is 1. The molecule has 1 amide bonds. The lowest BCUT2D eigenvalue weighted by Crippen LogP contribution is -2.58. The number of ether oxygens (including phenoxy) is 1. The Hall–Kier alpha value is -2.83. The van der Waals surface area contributed by atoms with Crippen LogP contribution >= 0.6 is 11.6 Å². The van der Waals surface area contributed by atoms with Gasteiger partial charge >= 0.3 is 5.63 Å². The summed E-state index contributed by atoms with van der Waals surface area (Å²) < 4.78 is 12.2. The first-order valence-corrected chi connectivity index (χ1v) is 14.7. The van der Waals surface area contributed by atoms with E-state index in [-0.39, 0.29) is 23.5 Å². The fraction of sp³-hybridized carbons (Fsp3) is 0.500. The van der Waals surface area contributed by atoms with Crippen LogP contribution in [-0.2, 0) is 17.6 Å². The molecule has 0 spiro atoms. The number of hydrogen-bond acceptors (Lipinski definition) is 5. The van der Waals surface area contributed by atoms with Crippen LogP contribution in [0.15, 0.2) is 45.6 Å². The van der Waals surface area contributed by atoms with E-state index in [0.29, 0.717) is 35.7 Å². The minimum atomic E-state index is -0.771. The Bertz CT molecular complexity index is 1460. The molecule has 2 heterocycles. The average molecular weight is 550 g/mol. The number of fused-ring (bicyclic) bond motifs is 4. The topological polar surface area (TPSA) is 80.0 Å². The summed E-state index contributed by atoms with van der Waals surface area (Å²) in [7, 11) is 0. The lowest BCUT2D eigenvalue weighted by Gasteiger charge is -2.53. The smallest absolute Gasteiger partial charge is 0.339 e. The van der Waals surface area contributed by atoms with Gasteiger partial charge in [-0.3, -0.25) is 4.79 Å². The van der Waals surface area contributed by atoms with Crippen LogP contribution in [0.1, 0.15) is 80.2 Å². The molecule has 1 aromatic heterocycles. The molecule has 1 saturated heterocycles. The Labute approximate surface area is 233 Å². The average Bonchev–Trinajstić information content (AvgIpc) is 2.92. The normalized spacial score (nSPS) is 25.6. The second kappa shape index (κ2) is 10.3. The number of aliphatic hydroxyl groups is 1. The Balaban J connectivity index is 1.35. The van der Waals surface area contributed by atoms with Gasteiger partial charge in [-0.15, -0.1) is 0 Å². The molecule has 39 heavy (non-hydrogen) atoms. The summed E-state index contributed by atoms with van der Waals surface area (Å²) in [6.07, 6.45) is 6.96. The number of likely N-dealkylation sites (tertiary alicyclic amines) is 1. The van der Waals surface area contributed by atoms with Gasteiger partial charge in [0.2, 0.25) is 0 Å². The van der Waals surface area contributed by atoms with Crippen LogP contribution in [0.2, 0.25) is 5.02 Å². The minimum Gasteiger partial charge on any atom is -0.480 e. The van der Waals surface area contributed by atoms with Gasteiger partial charge in [0, 0.05) is 23.0 Å². The molecule has 2 aliphatic carbocycles. The Kier molecular flexibility index (Phi) is 6.96. The van der Waals surface area contributed by atoms with Crippen molar-refractivity contribution in [2.24, 2.45) is 5.92 Å². The highest BCUT2D eigenvalue weighted by atomic mass is 35.5. The fourth-order valence-electron chi connectivity index (χ4n) is 7.24. The molecule has 1 N–H and O–H groups in total. The van der Waals surface area contributed by atoms with Crippen molar-refractivity contribution in [1.29, 1.82) is 0 Å². The van der Waals surface area contributed by atoms with Gasteiger partial charge in [-0.25, -0.2) is 4.79 Å². The van der Waals surface area contributed by atoms with Crippen molar-refractivity contribution in [2.75, 3.05) is 6.54 Å². The molecule has 3 aliphatic rings. The Morgan fingerprint density at radius 2 is 1.85 bits per heavy atom. The molecule has 2 fully saturated rings. The van der Waals surface area contributed by atoms with Crippen LogP contribution in [0, 0.1) is 12.8 Å². The highest BCUT2D eigenvalue weighted by molar-refractivity contribution is 6.30. The lowest BCUT2D eigenvalue weighted by atomic mass is 9.66. The summed E-state index contributed by atoms with van der Waals surface area (Å²) in [6.45, 7) is 4.19. The van der Waals surface area contributed by atoms with E-state index in [1.807, 2.05) is 48.2 Å². The first kappa shape index (κ1) is 26.4. The summed E-state index contributed by atoms with van der Waals surface area (Å²) in [4.78, 5) is 28.7. The third kappa shape index (κ3) is 4.76. The van der Waals surface area contributed by atoms with Gasteiger partial charge in [-0.1, -0.05) is 36.6 Å². The number of nitrogens with zero attached hydrogens (tertiary/aromatic N) is 1. The van der Waals surface area contributed by atoms with Crippen LogP contribution in [0.3, 0.4) is 0 Å². The number of aryl methyl sites for hydroxylation is 2. The van der Waals surface area contributed by atoms with E-state index in [9.17, 15) is 14.7 Å². The van der Waals surface area contributed by atoms with Crippen LogP contribution < -0.4 is 10.4 Å². The predicted octanol–water partition coefficient (Wildman–Crippen LogP) is 6.30. The molecule has 7 heteroatoms. The second-order valence-electron chi connectivity index (χ2n) is 11.7. The number of benzene rings is 2. The van der Waals surface area contributed by atoms with Crippen molar-refractivity contribution in [3.8, 4) is 5.75 Å². The Morgan fingerprint density at radius 3 is 2.62 bits per heavy atom. The maximum atomic E-state index is 14.1. The first-order chi connectivity index (χ1) is 18.7. The van der Waals surface area contributed by atoms with Gasteiger partial charge in [0.05, 0.1) is 17.0 Å². The van der Waals surface area contributed by atoms with Gasteiger partial charge in [-0.05, 0) is 99.7 Å². The zero-order valence-corrected chi connectivity index (χ0v) is 23.4. The van der Waals surface area contributed by atoms with Gasteiger partial charge in [0.1, 0.15) is 11.3 Å². The minimum absolute atomic E-state index is 0.0431. The molecule has 206 valence electrons. The van der Waals surface area contributed by atoms with E-state index < -0.39 is 11.7 Å².